The van der Waals surface area contributed by atoms with Gasteiger partial charge in [-0.05, 0) is 29.8 Å². The first-order chi connectivity index (χ1) is 10.8. The van der Waals surface area contributed by atoms with Gasteiger partial charge in [0.15, 0.2) is 5.78 Å². The van der Waals surface area contributed by atoms with Crippen LogP contribution in [-0.2, 0) is 4.79 Å². The van der Waals surface area contributed by atoms with E-state index in [2.05, 4.69) is 20.9 Å². The van der Waals surface area contributed by atoms with E-state index in [1.165, 1.54) is 0 Å². The molecule has 1 aromatic heterocycles. The van der Waals surface area contributed by atoms with E-state index in [-0.39, 0.29) is 18.0 Å². The van der Waals surface area contributed by atoms with Gasteiger partial charge >= 0.3 is 0 Å². The van der Waals surface area contributed by atoms with Crippen LogP contribution >= 0.6 is 15.9 Å². The van der Waals surface area contributed by atoms with Crippen molar-refractivity contribution in [3.63, 3.8) is 0 Å². The third-order valence-electron chi connectivity index (χ3n) is 3.78. The highest BCUT2D eigenvalue weighted by atomic mass is 79.9. The molecular weight excluding hydrogens is 354 g/mol. The Morgan fingerprint density at radius 2 is 1.61 bits per heavy atom. The predicted molar refractivity (Wildman–Crippen MR) is 94.5 cm³/mol. The molecule has 1 aromatic carbocycles. The summed E-state index contributed by atoms with van der Waals surface area (Å²) in [5.41, 5.74) is 0.966. The molecule has 120 valence electrons. The first kappa shape index (κ1) is 17.5. The number of benzene rings is 1. The second kappa shape index (κ2) is 7.18. The summed E-state index contributed by atoms with van der Waals surface area (Å²) < 4.78 is 0.917. The summed E-state index contributed by atoms with van der Waals surface area (Å²) in [5, 5.41) is 0. The van der Waals surface area contributed by atoms with Crippen molar-refractivity contribution in [1.29, 1.82) is 0 Å². The van der Waals surface area contributed by atoms with E-state index in [1.807, 2.05) is 32.9 Å². The molecule has 0 saturated carbocycles. The van der Waals surface area contributed by atoms with Gasteiger partial charge in [0.05, 0.1) is 5.92 Å². The van der Waals surface area contributed by atoms with Crippen LogP contribution < -0.4 is 0 Å². The number of ketones is 2. The molecule has 0 bridgehead atoms. The molecule has 0 spiro atoms. The van der Waals surface area contributed by atoms with Crippen molar-refractivity contribution in [3.8, 4) is 0 Å². The second-order valence-corrected chi connectivity index (χ2v) is 7.50. The lowest BCUT2D eigenvalue weighted by atomic mass is 9.80. The van der Waals surface area contributed by atoms with Gasteiger partial charge in [0, 0.05) is 34.3 Å². The number of pyridine rings is 1. The topological polar surface area (TPSA) is 47.0 Å². The molecule has 0 aliphatic rings. The van der Waals surface area contributed by atoms with Gasteiger partial charge in [-0.15, -0.1) is 0 Å². The summed E-state index contributed by atoms with van der Waals surface area (Å²) in [4.78, 5) is 29.4. The second-order valence-electron chi connectivity index (χ2n) is 6.58. The number of hydrogen-bond acceptors (Lipinski definition) is 3. The van der Waals surface area contributed by atoms with E-state index < -0.39 is 11.3 Å². The number of aromatic nitrogens is 1. The van der Waals surface area contributed by atoms with Gasteiger partial charge in [-0.3, -0.25) is 14.6 Å². The molecule has 0 radical (unpaired) electrons. The first-order valence-corrected chi connectivity index (χ1v) is 8.31. The average molecular weight is 374 g/mol. The number of carbonyl (C=O) groups excluding carboxylic acids is 2. The van der Waals surface area contributed by atoms with Crippen molar-refractivity contribution in [3.05, 3.63) is 64.4 Å². The molecule has 0 N–H and O–H groups in total. The maximum Gasteiger partial charge on any atom is 0.170 e. The monoisotopic (exact) mass is 373 g/mol. The van der Waals surface area contributed by atoms with Gasteiger partial charge in [-0.1, -0.05) is 48.8 Å². The Morgan fingerprint density at radius 1 is 1.04 bits per heavy atom. The zero-order valence-electron chi connectivity index (χ0n) is 13.5. The summed E-state index contributed by atoms with van der Waals surface area (Å²) in [5.74, 6) is -0.447. The summed E-state index contributed by atoms with van der Waals surface area (Å²) in [6.07, 6.45) is 3.50. The Bertz CT molecular complexity index is 688. The molecule has 0 aliphatic heterocycles. The molecular formula is C19H20BrNO2. The molecule has 4 heteroatoms. The number of rotatable bonds is 5. The highest BCUT2D eigenvalue weighted by Crippen LogP contribution is 2.29. The van der Waals surface area contributed by atoms with Crippen molar-refractivity contribution in [2.75, 3.05) is 0 Å². The fourth-order valence-electron chi connectivity index (χ4n) is 2.26. The van der Waals surface area contributed by atoms with Gasteiger partial charge < -0.3 is 0 Å². The van der Waals surface area contributed by atoms with Crippen LogP contribution in [-0.4, -0.2) is 16.6 Å². The van der Waals surface area contributed by atoms with E-state index in [0.717, 1.165) is 10.0 Å². The molecule has 1 unspecified atom stereocenters. The number of halogens is 1. The maximum atomic E-state index is 12.9. The predicted octanol–water partition coefficient (Wildman–Crippen LogP) is 4.82. The van der Waals surface area contributed by atoms with Crippen molar-refractivity contribution < 1.29 is 9.59 Å². The normalized spacial score (nSPS) is 12.7. The van der Waals surface area contributed by atoms with Crippen molar-refractivity contribution in [1.82, 2.24) is 4.98 Å². The van der Waals surface area contributed by atoms with E-state index in [4.69, 9.17) is 0 Å². The van der Waals surface area contributed by atoms with Crippen LogP contribution in [0, 0.1) is 5.41 Å². The minimum Gasteiger partial charge on any atom is -0.299 e. The molecule has 1 atom stereocenters. The molecule has 0 saturated heterocycles. The maximum absolute atomic E-state index is 12.9. The number of carbonyl (C=O) groups is 2. The zero-order valence-corrected chi connectivity index (χ0v) is 15.1. The third-order valence-corrected chi connectivity index (χ3v) is 4.31. The van der Waals surface area contributed by atoms with E-state index in [1.54, 1.807) is 36.7 Å². The van der Waals surface area contributed by atoms with E-state index in [9.17, 15) is 9.59 Å². The van der Waals surface area contributed by atoms with Gasteiger partial charge in [0.1, 0.15) is 5.78 Å². The molecule has 0 amide bonds. The van der Waals surface area contributed by atoms with Crippen LogP contribution in [0.25, 0.3) is 0 Å². The Morgan fingerprint density at radius 3 is 2.13 bits per heavy atom. The highest BCUT2D eigenvalue weighted by Gasteiger charge is 2.30. The van der Waals surface area contributed by atoms with Gasteiger partial charge in [-0.25, -0.2) is 0 Å². The molecule has 1 heterocycles. The van der Waals surface area contributed by atoms with Crippen molar-refractivity contribution >= 4 is 27.5 Å². The third kappa shape index (κ3) is 4.58. The van der Waals surface area contributed by atoms with E-state index >= 15 is 0 Å². The quantitative estimate of drug-likeness (QED) is 0.706. The minimum atomic E-state index is -0.481. The molecule has 2 aromatic rings. The lowest BCUT2D eigenvalue weighted by Crippen LogP contribution is -2.25. The number of nitrogens with zero attached hydrogens (tertiary/aromatic N) is 1. The van der Waals surface area contributed by atoms with Gasteiger partial charge in [0.2, 0.25) is 0 Å². The molecule has 3 nitrogen and oxygen atoms in total. The van der Waals surface area contributed by atoms with Crippen LogP contribution in [0.1, 0.15) is 49.0 Å². The molecule has 0 aliphatic carbocycles. The van der Waals surface area contributed by atoms with Crippen molar-refractivity contribution in [2.45, 2.75) is 33.1 Å². The summed E-state index contributed by atoms with van der Waals surface area (Å²) in [7, 11) is 0. The van der Waals surface area contributed by atoms with E-state index in [0.29, 0.717) is 5.56 Å². The molecule has 23 heavy (non-hydrogen) atoms. The Hall–Kier alpha value is -1.81. The van der Waals surface area contributed by atoms with Crippen LogP contribution in [0.4, 0.5) is 0 Å². The standard InChI is InChI=1S/C19H20BrNO2/c1-19(2,3)17(22)12-16(13-8-10-21-11-9-13)18(23)14-4-6-15(20)7-5-14/h4-11,16H,12H2,1-3H3. The lowest BCUT2D eigenvalue weighted by molar-refractivity contribution is -0.126. The Balaban J connectivity index is 2.35. The largest absolute Gasteiger partial charge is 0.299 e. The highest BCUT2D eigenvalue weighted by molar-refractivity contribution is 9.10. The van der Waals surface area contributed by atoms with Gasteiger partial charge in [-0.2, -0.15) is 0 Å². The average Bonchev–Trinajstić information content (AvgIpc) is 2.52. The SMILES string of the molecule is CC(C)(C)C(=O)CC(C(=O)c1ccc(Br)cc1)c1ccncc1. The fourth-order valence-corrected chi connectivity index (χ4v) is 2.53. The summed E-state index contributed by atoms with van der Waals surface area (Å²) in [6.45, 7) is 5.63. The van der Waals surface area contributed by atoms with Crippen LogP contribution in [0.3, 0.4) is 0 Å². The number of hydrogen-bond donors (Lipinski definition) is 0. The number of Topliss-reactive ketones (excluding diaryl/α,β-unsaturated/α-hetero) is 2. The first-order valence-electron chi connectivity index (χ1n) is 7.52. The van der Waals surface area contributed by atoms with Crippen LogP contribution in [0.2, 0.25) is 0 Å². The zero-order chi connectivity index (χ0) is 17.0. The van der Waals surface area contributed by atoms with Crippen LogP contribution in [0.5, 0.6) is 0 Å². The minimum absolute atomic E-state index is 0.0405. The lowest BCUT2D eigenvalue weighted by Gasteiger charge is -2.22. The summed E-state index contributed by atoms with van der Waals surface area (Å²) in [6, 6.07) is 10.8. The summed E-state index contributed by atoms with van der Waals surface area (Å²) >= 11 is 3.37. The van der Waals surface area contributed by atoms with Crippen LogP contribution in [0.15, 0.2) is 53.3 Å². The smallest absolute Gasteiger partial charge is 0.170 e. The van der Waals surface area contributed by atoms with Crippen molar-refractivity contribution in [2.24, 2.45) is 5.41 Å². The molecule has 2 rings (SSSR count). The Labute approximate surface area is 145 Å². The molecule has 0 fully saturated rings. The fraction of sp³-hybridized carbons (Fsp3) is 0.316. The van der Waals surface area contributed by atoms with Gasteiger partial charge in [0.25, 0.3) is 0 Å². The Kier molecular flexibility index (Phi) is 5.47.